The van der Waals surface area contributed by atoms with Gasteiger partial charge in [0.2, 0.25) is 11.8 Å². The molecule has 7 atom stereocenters. The first-order valence-corrected chi connectivity index (χ1v) is 13.1. The number of carbonyl (C=O) groups is 4. The minimum atomic E-state index is -1.14. The predicted octanol–water partition coefficient (Wildman–Crippen LogP) is -4.23. The lowest BCUT2D eigenvalue weighted by molar-refractivity contribution is -0.899. The number of carbonyl (C=O) groups excluding carboxylic acids is 3. The van der Waals surface area contributed by atoms with Gasteiger partial charge >= 0.3 is 5.97 Å². The molecule has 13 heteroatoms. The summed E-state index contributed by atoms with van der Waals surface area (Å²) in [5, 5.41) is 23.2. The van der Waals surface area contributed by atoms with Crippen molar-refractivity contribution in [1.29, 1.82) is 0 Å². The van der Waals surface area contributed by atoms with Crippen LogP contribution in [0.15, 0.2) is 10.6 Å². The maximum atomic E-state index is 13.2. The number of aliphatic carboxylic acids is 1. The molecule has 0 aromatic rings. The van der Waals surface area contributed by atoms with Crippen molar-refractivity contribution in [2.24, 2.45) is 17.6 Å². The Labute approximate surface area is 221 Å². The number of β-lactam (4-membered cyclic amide) rings is 1. The van der Waals surface area contributed by atoms with Crippen molar-refractivity contribution < 1.29 is 46.3 Å². The van der Waals surface area contributed by atoms with E-state index in [1.54, 1.807) is 6.92 Å². The van der Waals surface area contributed by atoms with Crippen LogP contribution in [0.3, 0.4) is 0 Å². The summed E-state index contributed by atoms with van der Waals surface area (Å²) in [7, 11) is 1.99. The van der Waals surface area contributed by atoms with Crippen molar-refractivity contribution in [3.8, 4) is 0 Å². The van der Waals surface area contributed by atoms with Gasteiger partial charge in [-0.3, -0.25) is 14.4 Å². The lowest BCUT2D eigenvalue weighted by atomic mass is 9.79. The third-order valence-corrected chi connectivity index (χ3v) is 9.39. The number of primary amides is 1. The molecule has 4 aliphatic heterocycles. The molecule has 0 bridgehead atoms. The summed E-state index contributed by atoms with van der Waals surface area (Å²) in [5.74, 6) is -2.57. The van der Waals surface area contributed by atoms with Gasteiger partial charge in [0, 0.05) is 35.6 Å². The molecule has 0 spiro atoms. The number of likely N-dealkylation sites (N-methyl/N-ethyl adjacent to an activating group) is 1. The molecule has 4 heterocycles. The minimum Gasteiger partial charge on any atom is -1.00 e. The number of carboxylic acids is 1. The lowest BCUT2D eigenvalue weighted by Crippen LogP contribution is -3.00. The highest BCUT2D eigenvalue weighted by Crippen LogP contribution is 2.51. The van der Waals surface area contributed by atoms with Gasteiger partial charge in [-0.25, -0.2) is 4.79 Å². The van der Waals surface area contributed by atoms with Crippen LogP contribution in [0.5, 0.6) is 0 Å². The Morgan fingerprint density at radius 3 is 2.58 bits per heavy atom. The van der Waals surface area contributed by atoms with Crippen molar-refractivity contribution in [3.05, 3.63) is 10.6 Å². The van der Waals surface area contributed by atoms with Gasteiger partial charge in [0.15, 0.2) is 6.54 Å². The zero-order valence-corrected chi connectivity index (χ0v) is 22.4. The molecule has 5 N–H and O–H groups in total. The standard InChI is InChI=1S/C23H35N5O6S.ClH/c1-12-18-17(13(2)29)22(32)27(18)19(23(33)34)20(12)35-14-9-15(25-10-14)21(31)26-5-4-7-28(3,8-6-26)11-16(24)30;/h12-15,17-18,25,29H,4-11H2,1-3H3,(H2-,24,30,33,34);1H/t12-,13-,14+,15+,17-,18-,28?;/m1./s1. The van der Waals surface area contributed by atoms with E-state index in [9.17, 15) is 29.4 Å². The average molecular weight is 546 g/mol. The molecule has 0 aliphatic carbocycles. The number of nitrogens with zero attached hydrogens (tertiary/aromatic N) is 3. The maximum Gasteiger partial charge on any atom is 0.353 e. The van der Waals surface area contributed by atoms with Crippen LogP contribution < -0.4 is 23.5 Å². The van der Waals surface area contributed by atoms with Crippen molar-refractivity contribution >= 4 is 35.5 Å². The molecule has 3 fully saturated rings. The number of thioether (sulfide) groups is 1. The van der Waals surface area contributed by atoms with E-state index in [0.717, 1.165) is 13.0 Å². The normalized spacial score (nSPS) is 35.0. The fourth-order valence-corrected chi connectivity index (χ4v) is 7.52. The van der Waals surface area contributed by atoms with E-state index in [0.29, 0.717) is 42.0 Å². The summed E-state index contributed by atoms with van der Waals surface area (Å²) in [6.45, 7) is 6.94. The van der Waals surface area contributed by atoms with E-state index in [1.165, 1.54) is 16.7 Å². The van der Waals surface area contributed by atoms with Crippen molar-refractivity contribution in [1.82, 2.24) is 15.1 Å². The van der Waals surface area contributed by atoms with E-state index < -0.39 is 18.0 Å². The molecule has 0 aromatic carbocycles. The number of nitrogens with one attached hydrogen (secondary N) is 1. The van der Waals surface area contributed by atoms with Crippen LogP contribution in [0.2, 0.25) is 0 Å². The van der Waals surface area contributed by atoms with Gasteiger partial charge in [-0.2, -0.15) is 0 Å². The Bertz CT molecular complexity index is 963. The van der Waals surface area contributed by atoms with Crippen LogP contribution in [0, 0.1) is 11.8 Å². The molecule has 0 radical (unpaired) electrons. The molecule has 1 unspecified atom stereocenters. The van der Waals surface area contributed by atoms with Gasteiger partial charge in [-0.1, -0.05) is 6.92 Å². The third-order valence-electron chi connectivity index (χ3n) is 7.88. The van der Waals surface area contributed by atoms with Crippen LogP contribution >= 0.6 is 11.8 Å². The number of aliphatic hydroxyl groups excluding tert-OH is 1. The molecular weight excluding hydrogens is 510 g/mol. The Kier molecular flexibility index (Phi) is 8.66. The fourth-order valence-electron chi connectivity index (χ4n) is 6.04. The molecule has 0 saturated carbocycles. The van der Waals surface area contributed by atoms with E-state index in [-0.39, 0.29) is 65.6 Å². The molecule has 4 rings (SSSR count). The SMILES string of the molecule is C[C@@H](O)[C@H]1C(=O)N2C(C(=O)O)=C(S[C@@H]3CN[C@H](C(=O)N4CCC[N+](C)(CC(N)=O)CC4)C3)[C@H](C)[C@H]12.[Cl-]. The summed E-state index contributed by atoms with van der Waals surface area (Å²) in [6, 6.07) is -0.692. The smallest absolute Gasteiger partial charge is 0.353 e. The number of halogens is 1. The maximum absolute atomic E-state index is 13.2. The van der Waals surface area contributed by atoms with E-state index in [4.69, 9.17) is 5.73 Å². The quantitative estimate of drug-likeness (QED) is 0.185. The summed E-state index contributed by atoms with van der Waals surface area (Å²) in [4.78, 5) is 53.1. The number of hydrogen-bond acceptors (Lipinski definition) is 7. The average Bonchev–Trinajstić information content (AvgIpc) is 3.25. The second-order valence-corrected chi connectivity index (χ2v) is 11.9. The number of amides is 3. The number of nitrogens with two attached hydrogens (primary N) is 1. The second kappa shape index (κ2) is 10.9. The number of aliphatic hydroxyl groups is 1. The third kappa shape index (κ3) is 5.24. The monoisotopic (exact) mass is 545 g/mol. The molecule has 36 heavy (non-hydrogen) atoms. The Balaban J connectivity index is 0.00000361. The molecule has 4 aliphatic rings. The number of carboxylic acid groups (broad SMARTS) is 1. The lowest BCUT2D eigenvalue weighted by Gasteiger charge is -2.46. The van der Waals surface area contributed by atoms with Crippen molar-refractivity contribution in [2.75, 3.05) is 46.3 Å². The topological polar surface area (TPSA) is 153 Å². The van der Waals surface area contributed by atoms with Crippen molar-refractivity contribution in [3.63, 3.8) is 0 Å². The van der Waals surface area contributed by atoms with Crippen LogP contribution in [-0.2, 0) is 19.2 Å². The van der Waals surface area contributed by atoms with E-state index >= 15 is 0 Å². The molecule has 0 aromatic heterocycles. The summed E-state index contributed by atoms with van der Waals surface area (Å²) in [5.41, 5.74) is 5.42. The zero-order valence-electron chi connectivity index (χ0n) is 20.9. The summed E-state index contributed by atoms with van der Waals surface area (Å²) >= 11 is 1.44. The van der Waals surface area contributed by atoms with Gasteiger partial charge in [-0.05, 0) is 13.3 Å². The number of rotatable bonds is 7. The summed E-state index contributed by atoms with van der Waals surface area (Å²) < 4.78 is 0.531. The largest absolute Gasteiger partial charge is 1.00 e. The Morgan fingerprint density at radius 2 is 1.97 bits per heavy atom. The van der Waals surface area contributed by atoms with Gasteiger partial charge in [-0.15, -0.1) is 11.8 Å². The first-order chi connectivity index (χ1) is 16.4. The van der Waals surface area contributed by atoms with Gasteiger partial charge in [0.1, 0.15) is 5.70 Å². The first kappa shape index (κ1) is 28.7. The predicted molar refractivity (Wildman–Crippen MR) is 129 cm³/mol. The summed E-state index contributed by atoms with van der Waals surface area (Å²) in [6.07, 6.45) is 0.523. The van der Waals surface area contributed by atoms with Crippen LogP contribution in [0.25, 0.3) is 0 Å². The van der Waals surface area contributed by atoms with Crippen LogP contribution in [0.4, 0.5) is 0 Å². The van der Waals surface area contributed by atoms with Crippen LogP contribution in [-0.4, -0.2) is 118 Å². The fraction of sp³-hybridized carbons (Fsp3) is 0.739. The number of hydrogen-bond donors (Lipinski definition) is 4. The first-order valence-electron chi connectivity index (χ1n) is 12.2. The highest BCUT2D eigenvalue weighted by Gasteiger charge is 2.60. The van der Waals surface area contributed by atoms with Gasteiger partial charge in [0.05, 0.1) is 50.8 Å². The second-order valence-electron chi connectivity index (χ2n) is 10.6. The van der Waals surface area contributed by atoms with Gasteiger partial charge < -0.3 is 48.0 Å². The molecule has 3 amide bonds. The Hall–Kier alpha value is -1.86. The highest BCUT2D eigenvalue weighted by atomic mass is 35.5. The molecule has 3 saturated heterocycles. The Morgan fingerprint density at radius 1 is 1.28 bits per heavy atom. The van der Waals surface area contributed by atoms with Crippen molar-refractivity contribution in [2.45, 2.75) is 50.1 Å². The molecule has 11 nitrogen and oxygen atoms in total. The zero-order chi connectivity index (χ0) is 25.7. The molecular formula is C23H36ClN5O6S. The highest BCUT2D eigenvalue weighted by molar-refractivity contribution is 8.03. The number of quaternary nitrogens is 1. The van der Waals surface area contributed by atoms with Crippen LogP contribution in [0.1, 0.15) is 26.7 Å². The van der Waals surface area contributed by atoms with Gasteiger partial charge in [0.25, 0.3) is 5.91 Å². The van der Waals surface area contributed by atoms with E-state index in [1.807, 2.05) is 18.9 Å². The number of fused-ring (bicyclic) bond motifs is 1. The van der Waals surface area contributed by atoms with E-state index in [2.05, 4.69) is 5.32 Å². The molecule has 202 valence electrons. The minimum absolute atomic E-state index is 0.